The lowest BCUT2D eigenvalue weighted by atomic mass is 9.85. The Morgan fingerprint density at radius 3 is 2.39 bits per heavy atom. The van der Waals surface area contributed by atoms with E-state index in [-0.39, 0.29) is 18.4 Å². The van der Waals surface area contributed by atoms with Gasteiger partial charge in [-0.1, -0.05) is 42.5 Å². The van der Waals surface area contributed by atoms with Crippen LogP contribution in [-0.4, -0.2) is 46.8 Å². The Labute approximate surface area is 185 Å². The van der Waals surface area contributed by atoms with Crippen molar-refractivity contribution >= 4 is 11.8 Å². The summed E-state index contributed by atoms with van der Waals surface area (Å²) in [6.07, 6.45) is 3.26. The van der Waals surface area contributed by atoms with Crippen molar-refractivity contribution in [3.05, 3.63) is 64.7 Å². The molecule has 0 radical (unpaired) electrons. The van der Waals surface area contributed by atoms with Gasteiger partial charge in [0.25, 0.3) is 5.91 Å². The predicted molar refractivity (Wildman–Crippen MR) is 121 cm³/mol. The van der Waals surface area contributed by atoms with Crippen LogP contribution in [0, 0.1) is 20.8 Å². The summed E-state index contributed by atoms with van der Waals surface area (Å²) in [5, 5.41) is 0. The third-order valence-electron chi connectivity index (χ3n) is 6.92. The van der Waals surface area contributed by atoms with Crippen LogP contribution in [0.25, 0.3) is 0 Å². The molecule has 2 aliphatic rings. The van der Waals surface area contributed by atoms with Gasteiger partial charge in [0.15, 0.2) is 6.61 Å². The average molecular weight is 421 g/mol. The summed E-state index contributed by atoms with van der Waals surface area (Å²) >= 11 is 0. The van der Waals surface area contributed by atoms with Crippen molar-refractivity contribution in [1.29, 1.82) is 0 Å². The lowest BCUT2D eigenvalue weighted by Crippen LogP contribution is -2.61. The molecule has 31 heavy (non-hydrogen) atoms. The van der Waals surface area contributed by atoms with Crippen molar-refractivity contribution < 1.29 is 14.3 Å². The fourth-order valence-electron chi connectivity index (χ4n) is 5.10. The van der Waals surface area contributed by atoms with Gasteiger partial charge in [-0.3, -0.25) is 9.59 Å². The van der Waals surface area contributed by atoms with Gasteiger partial charge in [-0.2, -0.15) is 0 Å². The molecule has 2 aromatic rings. The first kappa shape index (κ1) is 21.4. The maximum Gasteiger partial charge on any atom is 0.261 e. The molecule has 2 heterocycles. The van der Waals surface area contributed by atoms with E-state index in [0.717, 1.165) is 60.2 Å². The molecule has 0 bridgehead atoms. The number of carbonyl (C=O) groups excluding carboxylic acids is 2. The number of nitrogens with zero attached hydrogens (tertiary/aromatic N) is 2. The topological polar surface area (TPSA) is 49.9 Å². The predicted octanol–water partition coefficient (Wildman–Crippen LogP) is 4.17. The number of amides is 2. The van der Waals surface area contributed by atoms with Crippen LogP contribution in [0.3, 0.4) is 0 Å². The number of piperidine rings is 1. The van der Waals surface area contributed by atoms with Gasteiger partial charge in [-0.15, -0.1) is 0 Å². The van der Waals surface area contributed by atoms with Crippen molar-refractivity contribution in [3.63, 3.8) is 0 Å². The second kappa shape index (κ2) is 8.74. The number of rotatable bonds is 5. The molecule has 2 fully saturated rings. The highest BCUT2D eigenvalue weighted by molar-refractivity contribution is 5.93. The molecule has 2 aliphatic heterocycles. The summed E-state index contributed by atoms with van der Waals surface area (Å²) in [6.45, 7) is 8.00. The van der Waals surface area contributed by atoms with E-state index >= 15 is 0 Å². The van der Waals surface area contributed by atoms with Gasteiger partial charge in [0.1, 0.15) is 11.3 Å². The van der Waals surface area contributed by atoms with Crippen molar-refractivity contribution in [2.75, 3.05) is 19.7 Å². The Morgan fingerprint density at radius 2 is 1.65 bits per heavy atom. The SMILES string of the molecule is Cc1ccc(C)c(OCC(=O)N2CCCC23CCCN(Cc2ccccc2)C3=O)c1C. The minimum Gasteiger partial charge on any atom is -0.483 e. The van der Waals surface area contributed by atoms with Crippen LogP contribution < -0.4 is 4.74 Å². The highest BCUT2D eigenvalue weighted by Gasteiger charge is 2.52. The van der Waals surface area contributed by atoms with Crippen LogP contribution in [0.2, 0.25) is 0 Å². The molecule has 0 aliphatic carbocycles. The molecular formula is C26H32N2O3. The normalized spacial score (nSPS) is 21.1. The molecule has 2 aromatic carbocycles. The van der Waals surface area contributed by atoms with Gasteiger partial charge in [0.2, 0.25) is 5.91 Å². The van der Waals surface area contributed by atoms with Crippen LogP contribution in [0.4, 0.5) is 0 Å². The van der Waals surface area contributed by atoms with E-state index in [1.165, 1.54) is 0 Å². The van der Waals surface area contributed by atoms with Crippen LogP contribution in [-0.2, 0) is 16.1 Å². The highest BCUT2D eigenvalue weighted by atomic mass is 16.5. The number of likely N-dealkylation sites (tertiary alicyclic amines) is 2. The third kappa shape index (κ3) is 4.06. The monoisotopic (exact) mass is 420 g/mol. The molecule has 1 unspecified atom stereocenters. The summed E-state index contributed by atoms with van der Waals surface area (Å²) in [5.41, 5.74) is 3.65. The maximum atomic E-state index is 13.6. The second-order valence-electron chi connectivity index (χ2n) is 8.94. The Kier molecular flexibility index (Phi) is 6.03. The molecule has 5 heteroatoms. The summed E-state index contributed by atoms with van der Waals surface area (Å²) in [5.74, 6) is 0.784. The van der Waals surface area contributed by atoms with Crippen molar-refractivity contribution in [2.24, 2.45) is 0 Å². The average Bonchev–Trinajstić information content (AvgIpc) is 3.19. The van der Waals surface area contributed by atoms with Gasteiger partial charge >= 0.3 is 0 Å². The van der Waals surface area contributed by atoms with E-state index in [0.29, 0.717) is 13.1 Å². The zero-order chi connectivity index (χ0) is 22.0. The first-order valence-corrected chi connectivity index (χ1v) is 11.3. The molecule has 1 atom stereocenters. The van der Waals surface area contributed by atoms with Crippen LogP contribution in [0.5, 0.6) is 5.75 Å². The van der Waals surface area contributed by atoms with Gasteiger partial charge in [-0.25, -0.2) is 0 Å². The quantitative estimate of drug-likeness (QED) is 0.729. The Balaban J connectivity index is 1.49. The third-order valence-corrected chi connectivity index (χ3v) is 6.92. The van der Waals surface area contributed by atoms with Crippen molar-refractivity contribution in [2.45, 2.75) is 58.5 Å². The molecule has 1 spiro atoms. The fraction of sp³-hybridized carbons (Fsp3) is 0.462. The Hall–Kier alpha value is -2.82. The van der Waals surface area contributed by atoms with E-state index < -0.39 is 5.54 Å². The first-order chi connectivity index (χ1) is 14.9. The molecule has 0 saturated carbocycles. The molecule has 4 rings (SSSR count). The van der Waals surface area contributed by atoms with Gasteiger partial charge in [0, 0.05) is 19.6 Å². The molecule has 0 aromatic heterocycles. The van der Waals surface area contributed by atoms with E-state index in [2.05, 4.69) is 6.07 Å². The zero-order valence-electron chi connectivity index (χ0n) is 18.8. The Morgan fingerprint density at radius 1 is 0.968 bits per heavy atom. The number of ether oxygens (including phenoxy) is 1. The number of aryl methyl sites for hydroxylation is 2. The number of hydrogen-bond donors (Lipinski definition) is 0. The fourth-order valence-corrected chi connectivity index (χ4v) is 5.10. The molecule has 2 saturated heterocycles. The van der Waals surface area contributed by atoms with E-state index in [4.69, 9.17) is 4.74 Å². The molecule has 164 valence electrons. The van der Waals surface area contributed by atoms with Crippen molar-refractivity contribution in [3.8, 4) is 5.75 Å². The number of benzene rings is 2. The van der Waals surface area contributed by atoms with Gasteiger partial charge in [0.05, 0.1) is 0 Å². The summed E-state index contributed by atoms with van der Waals surface area (Å²) in [7, 11) is 0. The summed E-state index contributed by atoms with van der Waals surface area (Å²) in [6, 6.07) is 14.2. The Bertz CT molecular complexity index is 972. The molecule has 2 amide bonds. The largest absolute Gasteiger partial charge is 0.483 e. The van der Waals surface area contributed by atoms with Crippen LogP contribution in [0.15, 0.2) is 42.5 Å². The van der Waals surface area contributed by atoms with E-state index in [1.54, 1.807) is 0 Å². The minimum atomic E-state index is -0.704. The van der Waals surface area contributed by atoms with E-state index in [1.807, 2.05) is 67.0 Å². The number of hydrogen-bond acceptors (Lipinski definition) is 3. The van der Waals surface area contributed by atoms with E-state index in [9.17, 15) is 9.59 Å². The summed E-state index contributed by atoms with van der Waals surface area (Å²) in [4.78, 5) is 30.6. The lowest BCUT2D eigenvalue weighted by molar-refractivity contribution is -0.156. The van der Waals surface area contributed by atoms with Gasteiger partial charge < -0.3 is 14.5 Å². The minimum absolute atomic E-state index is 0.0289. The second-order valence-corrected chi connectivity index (χ2v) is 8.94. The molecule has 0 N–H and O–H groups in total. The first-order valence-electron chi connectivity index (χ1n) is 11.3. The van der Waals surface area contributed by atoms with Crippen molar-refractivity contribution in [1.82, 2.24) is 9.80 Å². The zero-order valence-corrected chi connectivity index (χ0v) is 18.8. The molecular weight excluding hydrogens is 388 g/mol. The maximum absolute atomic E-state index is 13.6. The smallest absolute Gasteiger partial charge is 0.261 e. The standard InChI is InChI=1S/C26H32N2O3/c1-19-11-12-20(2)24(21(19)3)31-18-23(29)28-16-8-14-26(28)13-7-15-27(25(26)30)17-22-9-5-4-6-10-22/h4-6,9-12H,7-8,13-18H2,1-3H3. The lowest BCUT2D eigenvalue weighted by Gasteiger charge is -2.44. The number of carbonyl (C=O) groups is 2. The van der Waals surface area contributed by atoms with Crippen LogP contribution >= 0.6 is 0 Å². The van der Waals surface area contributed by atoms with Crippen LogP contribution in [0.1, 0.15) is 47.9 Å². The van der Waals surface area contributed by atoms with Gasteiger partial charge in [-0.05, 0) is 68.7 Å². The summed E-state index contributed by atoms with van der Waals surface area (Å²) < 4.78 is 6.00. The highest BCUT2D eigenvalue weighted by Crippen LogP contribution is 2.39. The molecule has 5 nitrogen and oxygen atoms in total.